The fraction of sp³-hybridized carbons (Fsp3) is 0.571. The van der Waals surface area contributed by atoms with Gasteiger partial charge in [-0.15, -0.1) is 0 Å². The van der Waals surface area contributed by atoms with Crippen LogP contribution in [0.25, 0.3) is 0 Å². The molecular formula is C14H21NO3. The standard InChI is InChI=1S/C14H21NO3/c1-3-16-10-11(2)15-9-12-4-5-13-14(8-12)18-7-6-17-13/h4-5,8,11,15H,3,6-7,9-10H2,1-2H3. The van der Waals surface area contributed by atoms with E-state index in [1.807, 2.05) is 19.1 Å². The van der Waals surface area contributed by atoms with Crippen LogP contribution in [0.3, 0.4) is 0 Å². The molecule has 0 aromatic heterocycles. The van der Waals surface area contributed by atoms with Gasteiger partial charge in [-0.2, -0.15) is 0 Å². The van der Waals surface area contributed by atoms with Gasteiger partial charge in [-0.25, -0.2) is 0 Å². The molecule has 1 atom stereocenters. The molecule has 0 saturated heterocycles. The number of hydrogen-bond donors (Lipinski definition) is 1. The molecule has 18 heavy (non-hydrogen) atoms. The Labute approximate surface area is 108 Å². The molecular weight excluding hydrogens is 230 g/mol. The molecule has 4 nitrogen and oxygen atoms in total. The van der Waals surface area contributed by atoms with Gasteiger partial charge in [0, 0.05) is 19.2 Å². The highest BCUT2D eigenvalue weighted by molar-refractivity contribution is 5.43. The van der Waals surface area contributed by atoms with Crippen molar-refractivity contribution in [1.82, 2.24) is 5.32 Å². The number of benzene rings is 1. The van der Waals surface area contributed by atoms with Gasteiger partial charge in [0.05, 0.1) is 6.61 Å². The predicted molar refractivity (Wildman–Crippen MR) is 70.2 cm³/mol. The third kappa shape index (κ3) is 3.62. The van der Waals surface area contributed by atoms with Crippen LogP contribution in [0, 0.1) is 0 Å². The molecule has 1 N–H and O–H groups in total. The second-order valence-corrected chi connectivity index (χ2v) is 4.42. The minimum atomic E-state index is 0.346. The van der Waals surface area contributed by atoms with E-state index in [-0.39, 0.29) is 0 Å². The molecule has 0 bridgehead atoms. The van der Waals surface area contributed by atoms with Crippen LogP contribution in [0.4, 0.5) is 0 Å². The molecule has 0 amide bonds. The summed E-state index contributed by atoms with van der Waals surface area (Å²) in [5.41, 5.74) is 1.20. The van der Waals surface area contributed by atoms with Crippen LogP contribution >= 0.6 is 0 Å². The lowest BCUT2D eigenvalue weighted by Crippen LogP contribution is -2.30. The summed E-state index contributed by atoms with van der Waals surface area (Å²) in [5, 5.41) is 3.42. The summed E-state index contributed by atoms with van der Waals surface area (Å²) in [4.78, 5) is 0. The van der Waals surface area contributed by atoms with Crippen LogP contribution in [0.5, 0.6) is 11.5 Å². The maximum atomic E-state index is 5.56. The van der Waals surface area contributed by atoms with Gasteiger partial charge in [-0.3, -0.25) is 0 Å². The van der Waals surface area contributed by atoms with E-state index >= 15 is 0 Å². The Kier molecular flexibility index (Phi) is 4.84. The van der Waals surface area contributed by atoms with Crippen LogP contribution in [-0.4, -0.2) is 32.5 Å². The van der Waals surface area contributed by atoms with Crippen molar-refractivity contribution in [1.29, 1.82) is 0 Å². The molecule has 100 valence electrons. The number of ether oxygens (including phenoxy) is 3. The van der Waals surface area contributed by atoms with Crippen molar-refractivity contribution in [2.75, 3.05) is 26.4 Å². The van der Waals surface area contributed by atoms with Crippen molar-refractivity contribution in [2.45, 2.75) is 26.4 Å². The molecule has 0 aliphatic carbocycles. The van der Waals surface area contributed by atoms with Crippen LogP contribution in [0.1, 0.15) is 19.4 Å². The van der Waals surface area contributed by atoms with Crippen molar-refractivity contribution in [2.24, 2.45) is 0 Å². The van der Waals surface area contributed by atoms with Gasteiger partial charge in [-0.1, -0.05) is 6.07 Å². The first kappa shape index (κ1) is 13.2. The molecule has 2 rings (SSSR count). The van der Waals surface area contributed by atoms with E-state index in [2.05, 4.69) is 18.3 Å². The number of fused-ring (bicyclic) bond motifs is 1. The van der Waals surface area contributed by atoms with Crippen molar-refractivity contribution >= 4 is 0 Å². The highest BCUT2D eigenvalue weighted by Crippen LogP contribution is 2.30. The molecule has 0 saturated carbocycles. The average molecular weight is 251 g/mol. The fourth-order valence-electron chi connectivity index (χ4n) is 1.84. The van der Waals surface area contributed by atoms with E-state index < -0.39 is 0 Å². The van der Waals surface area contributed by atoms with Gasteiger partial charge in [0.15, 0.2) is 11.5 Å². The van der Waals surface area contributed by atoms with E-state index in [0.29, 0.717) is 19.3 Å². The van der Waals surface area contributed by atoms with E-state index in [4.69, 9.17) is 14.2 Å². The van der Waals surface area contributed by atoms with Crippen LogP contribution in [0.15, 0.2) is 18.2 Å². The Balaban J connectivity index is 1.86. The molecule has 4 heteroatoms. The number of rotatable bonds is 6. The fourth-order valence-corrected chi connectivity index (χ4v) is 1.84. The first-order valence-corrected chi connectivity index (χ1v) is 6.49. The van der Waals surface area contributed by atoms with E-state index in [0.717, 1.165) is 31.3 Å². The molecule has 1 aromatic carbocycles. The van der Waals surface area contributed by atoms with Gasteiger partial charge >= 0.3 is 0 Å². The topological polar surface area (TPSA) is 39.7 Å². The second kappa shape index (κ2) is 6.61. The van der Waals surface area contributed by atoms with Gasteiger partial charge < -0.3 is 19.5 Å². The summed E-state index contributed by atoms with van der Waals surface area (Å²) in [6, 6.07) is 6.42. The minimum Gasteiger partial charge on any atom is -0.486 e. The smallest absolute Gasteiger partial charge is 0.161 e. The molecule has 1 aromatic rings. The highest BCUT2D eigenvalue weighted by atomic mass is 16.6. The average Bonchev–Trinajstić information content (AvgIpc) is 2.42. The third-order valence-corrected chi connectivity index (χ3v) is 2.83. The van der Waals surface area contributed by atoms with Gasteiger partial charge in [0.1, 0.15) is 13.2 Å². The first-order valence-electron chi connectivity index (χ1n) is 6.49. The zero-order valence-electron chi connectivity index (χ0n) is 11.1. The maximum Gasteiger partial charge on any atom is 0.161 e. The largest absolute Gasteiger partial charge is 0.486 e. The van der Waals surface area contributed by atoms with Crippen molar-refractivity contribution in [3.8, 4) is 11.5 Å². The molecule has 0 radical (unpaired) electrons. The Morgan fingerprint density at radius 2 is 2.06 bits per heavy atom. The Bertz CT molecular complexity index is 381. The monoisotopic (exact) mass is 251 g/mol. The molecule has 0 spiro atoms. The van der Waals surface area contributed by atoms with Gasteiger partial charge in [0.2, 0.25) is 0 Å². The summed E-state index contributed by atoms with van der Waals surface area (Å²) in [6.45, 7) is 7.70. The lowest BCUT2D eigenvalue weighted by atomic mass is 10.2. The SMILES string of the molecule is CCOCC(C)NCc1ccc2c(c1)OCCO2. The van der Waals surface area contributed by atoms with Crippen molar-refractivity contribution in [3.63, 3.8) is 0 Å². The lowest BCUT2D eigenvalue weighted by Gasteiger charge is -2.19. The van der Waals surface area contributed by atoms with Crippen LogP contribution in [-0.2, 0) is 11.3 Å². The quantitative estimate of drug-likeness (QED) is 0.839. The summed E-state index contributed by atoms with van der Waals surface area (Å²) in [5.74, 6) is 1.69. The zero-order chi connectivity index (χ0) is 12.8. The lowest BCUT2D eigenvalue weighted by molar-refractivity contribution is 0.127. The van der Waals surface area contributed by atoms with Crippen LogP contribution < -0.4 is 14.8 Å². The van der Waals surface area contributed by atoms with Crippen LogP contribution in [0.2, 0.25) is 0 Å². The van der Waals surface area contributed by atoms with Gasteiger partial charge in [-0.05, 0) is 31.5 Å². The normalized spacial score (nSPS) is 15.4. The number of hydrogen-bond acceptors (Lipinski definition) is 4. The predicted octanol–water partition coefficient (Wildman–Crippen LogP) is 1.97. The molecule has 0 fully saturated rings. The van der Waals surface area contributed by atoms with Gasteiger partial charge in [0.25, 0.3) is 0 Å². The third-order valence-electron chi connectivity index (χ3n) is 2.83. The molecule has 1 heterocycles. The Morgan fingerprint density at radius 3 is 2.83 bits per heavy atom. The van der Waals surface area contributed by atoms with E-state index in [1.165, 1.54) is 5.56 Å². The molecule has 1 unspecified atom stereocenters. The minimum absolute atomic E-state index is 0.346. The Hall–Kier alpha value is -1.26. The van der Waals surface area contributed by atoms with E-state index in [9.17, 15) is 0 Å². The number of nitrogens with one attached hydrogen (secondary N) is 1. The van der Waals surface area contributed by atoms with Crippen molar-refractivity contribution < 1.29 is 14.2 Å². The molecule has 1 aliphatic heterocycles. The highest BCUT2D eigenvalue weighted by Gasteiger charge is 2.11. The van der Waals surface area contributed by atoms with Crippen molar-refractivity contribution in [3.05, 3.63) is 23.8 Å². The maximum absolute atomic E-state index is 5.56. The Morgan fingerprint density at radius 1 is 1.28 bits per heavy atom. The first-order chi connectivity index (χ1) is 8.79. The summed E-state index contributed by atoms with van der Waals surface area (Å²) in [6.07, 6.45) is 0. The summed E-state index contributed by atoms with van der Waals surface area (Å²) in [7, 11) is 0. The zero-order valence-corrected chi connectivity index (χ0v) is 11.1. The van der Waals surface area contributed by atoms with E-state index in [1.54, 1.807) is 0 Å². The summed E-state index contributed by atoms with van der Waals surface area (Å²) < 4.78 is 16.4. The summed E-state index contributed by atoms with van der Waals surface area (Å²) >= 11 is 0. The molecule has 1 aliphatic rings. The second-order valence-electron chi connectivity index (χ2n) is 4.42.